The number of nitrogens with zero attached hydrogens (tertiary/aromatic N) is 3. The second-order valence-electron chi connectivity index (χ2n) is 6.91. The van der Waals surface area contributed by atoms with Crippen LogP contribution in [-0.2, 0) is 0 Å². The molecule has 27 heavy (non-hydrogen) atoms. The number of aromatic amines is 1. The minimum absolute atomic E-state index is 0. The molecule has 2 heterocycles. The number of hydrogen-bond donors (Lipinski definition) is 0. The number of anilines is 2. The van der Waals surface area contributed by atoms with Crippen LogP contribution in [-0.4, -0.2) is 52.2 Å². The van der Waals surface area contributed by atoms with Crippen LogP contribution in [0.1, 0.15) is 0 Å². The predicted molar refractivity (Wildman–Crippen MR) is 107 cm³/mol. The normalized spacial score (nSPS) is 14.7. The fraction of sp³-hybridized carbons (Fsp3) is 0.368. The highest BCUT2D eigenvalue weighted by molar-refractivity contribution is 5.85. The van der Waals surface area contributed by atoms with Gasteiger partial charge in [-0.05, 0) is 13.1 Å². The molecular formula is C19H24Cl2N4O2. The summed E-state index contributed by atoms with van der Waals surface area (Å²) in [5.41, 5.74) is 4.04. The minimum Gasteiger partial charge on any atom is -1.00 e. The Morgan fingerprint density at radius 1 is 1.07 bits per heavy atom. The summed E-state index contributed by atoms with van der Waals surface area (Å²) in [6, 6.07) is 9.61. The maximum absolute atomic E-state index is 12.6. The molecule has 0 aromatic heterocycles. The van der Waals surface area contributed by atoms with Crippen molar-refractivity contribution in [1.29, 1.82) is 0 Å². The molecule has 1 fully saturated rings. The Morgan fingerprint density at radius 3 is 2.44 bits per heavy atom. The van der Waals surface area contributed by atoms with Crippen LogP contribution < -0.4 is 32.6 Å². The Hall–Kier alpha value is -2.02. The van der Waals surface area contributed by atoms with Crippen molar-refractivity contribution in [2.75, 3.05) is 57.1 Å². The van der Waals surface area contributed by atoms with Crippen molar-refractivity contribution in [1.82, 2.24) is 4.90 Å². The van der Waals surface area contributed by atoms with Crippen molar-refractivity contribution in [2.24, 2.45) is 0 Å². The molecule has 1 aliphatic carbocycles. The van der Waals surface area contributed by atoms with Crippen molar-refractivity contribution in [2.45, 2.75) is 0 Å². The quantitative estimate of drug-likeness (QED) is 0.505. The lowest BCUT2D eigenvalue weighted by Gasteiger charge is -2.33. The predicted octanol–water partition coefficient (Wildman–Crippen LogP) is -1.04. The standard InChI is InChI=1S/C19H22N4O2.2ClH/c1-21(2)13-4-5-15-17(11-13)25-18-12-14(10-16(24)19(18)20-15)23-8-6-22(3)7-9-23;;/h4-5,10-12H,6-9H2,1-3H3;2*1H. The van der Waals surface area contributed by atoms with Gasteiger partial charge in [0.15, 0.2) is 0 Å². The number of nitrogens with one attached hydrogen (secondary N) is 1. The monoisotopic (exact) mass is 410 g/mol. The third-order valence-electron chi connectivity index (χ3n) is 4.88. The highest BCUT2D eigenvalue weighted by atomic mass is 35.5. The topological polar surface area (TPSA) is 54.1 Å². The summed E-state index contributed by atoms with van der Waals surface area (Å²) in [7, 11) is 6.11. The molecule has 0 spiro atoms. The Morgan fingerprint density at radius 2 is 1.78 bits per heavy atom. The Balaban J connectivity index is 0.00000131. The summed E-state index contributed by atoms with van der Waals surface area (Å²) < 4.78 is 6.08. The fourth-order valence-electron chi connectivity index (χ4n) is 3.26. The second-order valence-corrected chi connectivity index (χ2v) is 6.91. The van der Waals surface area contributed by atoms with Gasteiger partial charge in [-0.2, -0.15) is 4.98 Å². The van der Waals surface area contributed by atoms with Crippen LogP contribution >= 0.6 is 12.4 Å². The molecule has 6 nitrogen and oxygen atoms in total. The highest BCUT2D eigenvalue weighted by Crippen LogP contribution is 2.26. The van der Waals surface area contributed by atoms with E-state index in [1.807, 2.05) is 43.3 Å². The van der Waals surface area contributed by atoms with Crippen molar-refractivity contribution in [3.63, 3.8) is 0 Å². The summed E-state index contributed by atoms with van der Waals surface area (Å²) in [5.74, 6) is 0.602. The van der Waals surface area contributed by atoms with Crippen LogP contribution in [0, 0.1) is 0 Å². The molecule has 0 amide bonds. The number of benzene rings is 2. The zero-order chi connectivity index (χ0) is 17.6. The molecule has 3 aliphatic rings. The number of rotatable bonds is 2. The Bertz CT molecular complexity index is 952. The molecule has 0 bridgehead atoms. The lowest BCUT2D eigenvalue weighted by atomic mass is 10.1. The number of H-pyrrole nitrogens is 1. The van der Waals surface area contributed by atoms with E-state index in [1.54, 1.807) is 6.07 Å². The molecule has 0 saturated carbocycles. The lowest BCUT2D eigenvalue weighted by Crippen LogP contribution is -3.00. The van der Waals surface area contributed by atoms with Gasteiger partial charge < -0.3 is 31.5 Å². The van der Waals surface area contributed by atoms with Gasteiger partial charge in [0.05, 0.1) is 0 Å². The number of piperazine rings is 1. The summed E-state index contributed by atoms with van der Waals surface area (Å²) in [5, 5.41) is 0. The van der Waals surface area contributed by atoms with Crippen LogP contribution in [0.3, 0.4) is 0 Å². The third-order valence-corrected chi connectivity index (χ3v) is 4.88. The number of likely N-dealkylation sites (N-methyl/N-ethyl adjacent to an activating group) is 1. The van der Waals surface area contributed by atoms with Crippen LogP contribution in [0.5, 0.6) is 0 Å². The van der Waals surface area contributed by atoms with Gasteiger partial charge in [-0.3, -0.25) is 4.79 Å². The van der Waals surface area contributed by atoms with Gasteiger partial charge in [0.25, 0.3) is 11.1 Å². The molecule has 0 atom stereocenters. The lowest BCUT2D eigenvalue weighted by molar-refractivity contribution is -0.335. The molecule has 8 heteroatoms. The molecule has 0 unspecified atom stereocenters. The molecule has 1 aromatic rings. The summed E-state index contributed by atoms with van der Waals surface area (Å²) in [4.78, 5) is 22.4. The maximum atomic E-state index is 12.6. The smallest absolute Gasteiger partial charge is 0.295 e. The molecule has 1 aromatic carbocycles. The molecule has 146 valence electrons. The van der Waals surface area contributed by atoms with Crippen molar-refractivity contribution in [3.05, 3.63) is 40.6 Å². The van der Waals surface area contributed by atoms with E-state index in [0.717, 1.165) is 48.7 Å². The van der Waals surface area contributed by atoms with Crippen molar-refractivity contribution < 1.29 is 21.8 Å². The first-order valence-corrected chi connectivity index (χ1v) is 8.56. The minimum atomic E-state index is -0.0336. The summed E-state index contributed by atoms with van der Waals surface area (Å²) >= 11 is 0. The van der Waals surface area contributed by atoms with Gasteiger partial charge in [0, 0.05) is 75.9 Å². The molecule has 4 rings (SSSR count). The number of halogens is 2. The first-order valence-electron chi connectivity index (χ1n) is 8.56. The van der Waals surface area contributed by atoms with Crippen LogP contribution in [0.4, 0.5) is 11.4 Å². The van der Waals surface area contributed by atoms with Crippen molar-refractivity contribution in [3.8, 4) is 11.5 Å². The third kappa shape index (κ3) is 4.13. The van der Waals surface area contributed by atoms with E-state index in [9.17, 15) is 4.79 Å². The molecule has 2 aliphatic heterocycles. The van der Waals surface area contributed by atoms with E-state index in [1.165, 1.54) is 0 Å². The molecule has 0 radical (unpaired) electrons. The van der Waals surface area contributed by atoms with Gasteiger partial charge >= 0.3 is 0 Å². The van der Waals surface area contributed by atoms with E-state index in [0.29, 0.717) is 11.5 Å². The highest BCUT2D eigenvalue weighted by Gasteiger charge is 2.23. The number of hydrogen-bond acceptors (Lipinski definition) is 5. The average molecular weight is 411 g/mol. The first kappa shape index (κ1) is 21.3. The SMILES string of the molecule is CN1CCN(c2cc3oc4cc(N(C)C)ccc4[nH+]c-3c(=O)c2)CC1.Cl.[Cl-]. The van der Waals surface area contributed by atoms with Crippen LogP contribution in [0.15, 0.2) is 39.5 Å². The summed E-state index contributed by atoms with van der Waals surface area (Å²) in [6.45, 7) is 3.84. The Labute approximate surface area is 170 Å². The molecule has 1 saturated heterocycles. The van der Waals surface area contributed by atoms with Gasteiger partial charge in [-0.15, -0.1) is 12.4 Å². The van der Waals surface area contributed by atoms with E-state index in [2.05, 4.69) is 21.8 Å². The Kier molecular flexibility index (Phi) is 6.57. The number of aromatic nitrogens is 1. The fourth-order valence-corrected chi connectivity index (χ4v) is 3.26. The summed E-state index contributed by atoms with van der Waals surface area (Å²) in [6.07, 6.45) is 0. The van der Waals surface area contributed by atoms with E-state index < -0.39 is 0 Å². The number of fused-ring (bicyclic) bond motifs is 2. The van der Waals surface area contributed by atoms with Crippen LogP contribution in [0.25, 0.3) is 22.6 Å². The largest absolute Gasteiger partial charge is 1.00 e. The second kappa shape index (κ2) is 8.33. The van der Waals surface area contributed by atoms with Gasteiger partial charge in [-0.25, -0.2) is 0 Å². The van der Waals surface area contributed by atoms with Gasteiger partial charge in [-0.1, -0.05) is 0 Å². The molecule has 1 N–H and O–H groups in total. The van der Waals surface area contributed by atoms with E-state index in [-0.39, 0.29) is 30.2 Å². The first-order chi connectivity index (χ1) is 12.0. The zero-order valence-corrected chi connectivity index (χ0v) is 17.2. The van der Waals surface area contributed by atoms with Gasteiger partial charge in [0.2, 0.25) is 16.9 Å². The maximum Gasteiger partial charge on any atom is 0.295 e. The van der Waals surface area contributed by atoms with Gasteiger partial charge in [0.1, 0.15) is 0 Å². The van der Waals surface area contributed by atoms with E-state index >= 15 is 0 Å². The zero-order valence-electron chi connectivity index (χ0n) is 15.7. The average Bonchev–Trinajstić information content (AvgIpc) is 2.60. The van der Waals surface area contributed by atoms with Crippen LogP contribution in [0.2, 0.25) is 0 Å². The van der Waals surface area contributed by atoms with Crippen molar-refractivity contribution >= 4 is 34.9 Å². The van der Waals surface area contributed by atoms with E-state index in [4.69, 9.17) is 4.42 Å². The molecular weight excluding hydrogens is 387 g/mol.